The smallest absolute Gasteiger partial charge is 0.248 e. The van der Waals surface area contributed by atoms with Crippen LogP contribution in [0.25, 0.3) is 11.0 Å². The number of alkyl halides is 4. The molecule has 2 N–H and O–H groups in total. The number of hydrogen-bond donors (Lipinski definition) is 2. The van der Waals surface area contributed by atoms with Crippen LogP contribution in [0.5, 0.6) is 0 Å². The Labute approximate surface area is 184 Å². The first kappa shape index (κ1) is 21.7. The molecule has 32 heavy (non-hydrogen) atoms. The van der Waals surface area contributed by atoms with E-state index < -0.39 is 11.8 Å². The van der Waals surface area contributed by atoms with E-state index in [1.165, 1.54) is 0 Å². The average molecular weight is 452 g/mol. The lowest BCUT2D eigenvalue weighted by Crippen LogP contribution is -2.39. The first-order valence-corrected chi connectivity index (χ1v) is 11.7. The minimum absolute atomic E-state index is 0.0523. The van der Waals surface area contributed by atoms with E-state index in [1.807, 2.05) is 18.2 Å². The van der Waals surface area contributed by atoms with E-state index >= 15 is 0 Å². The molecular weight excluding hydrogens is 422 g/mol. The molecule has 3 aliphatic carbocycles. The molecule has 3 fully saturated rings. The van der Waals surface area contributed by atoms with Crippen LogP contribution in [0.1, 0.15) is 75.2 Å². The third-order valence-corrected chi connectivity index (χ3v) is 7.29. The fraction of sp³-hybridized carbons (Fsp3) is 0.667. The highest BCUT2D eigenvalue weighted by atomic mass is 19.3. The molecule has 174 valence electrons. The molecule has 0 radical (unpaired) electrons. The summed E-state index contributed by atoms with van der Waals surface area (Å²) in [7, 11) is 0. The number of nitrogens with zero attached hydrogens (tertiary/aromatic N) is 1. The lowest BCUT2D eigenvalue weighted by molar-refractivity contribution is -0.134. The monoisotopic (exact) mass is 451 g/mol. The number of halogens is 4. The zero-order valence-corrected chi connectivity index (χ0v) is 18.0. The number of benzene rings is 1. The van der Waals surface area contributed by atoms with Crippen LogP contribution >= 0.6 is 0 Å². The van der Waals surface area contributed by atoms with Gasteiger partial charge in [-0.3, -0.25) is 4.79 Å². The van der Waals surface area contributed by atoms with E-state index in [0.717, 1.165) is 35.3 Å². The Hall–Kier alpha value is -2.12. The number of imidazole rings is 1. The molecule has 1 heterocycles. The van der Waals surface area contributed by atoms with E-state index in [1.54, 1.807) is 0 Å². The molecule has 3 saturated carbocycles. The first-order valence-electron chi connectivity index (χ1n) is 11.7. The Morgan fingerprint density at radius 3 is 2.44 bits per heavy atom. The second kappa shape index (κ2) is 8.03. The van der Waals surface area contributed by atoms with E-state index in [4.69, 9.17) is 0 Å². The predicted octanol–water partition coefficient (Wildman–Crippen LogP) is 5.93. The lowest BCUT2D eigenvalue weighted by atomic mass is 9.79. The zero-order chi connectivity index (χ0) is 22.5. The van der Waals surface area contributed by atoms with Crippen molar-refractivity contribution >= 4 is 16.9 Å². The molecule has 1 amide bonds. The normalized spacial score (nSPS) is 24.2. The van der Waals surface area contributed by atoms with Crippen LogP contribution in [-0.2, 0) is 11.2 Å². The summed E-state index contributed by atoms with van der Waals surface area (Å²) >= 11 is 0. The third kappa shape index (κ3) is 4.94. The van der Waals surface area contributed by atoms with Gasteiger partial charge in [-0.15, -0.1) is 0 Å². The molecule has 0 saturated heterocycles. The highest BCUT2D eigenvalue weighted by Crippen LogP contribution is 2.45. The maximum Gasteiger partial charge on any atom is 0.248 e. The van der Waals surface area contributed by atoms with Gasteiger partial charge in [0.05, 0.1) is 17.1 Å². The van der Waals surface area contributed by atoms with Crippen molar-refractivity contribution < 1.29 is 22.4 Å². The average Bonchev–Trinajstić information content (AvgIpc) is 3.45. The number of carbonyl (C=O) groups is 1. The highest BCUT2D eigenvalue weighted by Gasteiger charge is 2.46. The quantitative estimate of drug-likeness (QED) is 0.513. The molecule has 3 aliphatic rings. The first-order chi connectivity index (χ1) is 15.2. The SMILES string of the molecule is O=C(CC1CC(F)(F)C1)NC(c1ccc2nc(CC3CCC(F)(F)CC3)[nH]c2c1)C1CC1. The summed E-state index contributed by atoms with van der Waals surface area (Å²) in [6.45, 7) is 0. The molecule has 0 aliphatic heterocycles. The minimum Gasteiger partial charge on any atom is -0.349 e. The maximum absolute atomic E-state index is 13.4. The van der Waals surface area contributed by atoms with Crippen molar-refractivity contribution in [3.05, 3.63) is 29.6 Å². The second-order valence-corrected chi connectivity index (χ2v) is 10.2. The Morgan fingerprint density at radius 2 is 1.78 bits per heavy atom. The fourth-order valence-corrected chi connectivity index (χ4v) is 5.27. The van der Waals surface area contributed by atoms with E-state index in [2.05, 4.69) is 15.3 Å². The van der Waals surface area contributed by atoms with Crippen molar-refractivity contribution in [3.63, 3.8) is 0 Å². The topological polar surface area (TPSA) is 57.8 Å². The van der Waals surface area contributed by atoms with Crippen LogP contribution in [0.4, 0.5) is 17.6 Å². The summed E-state index contributed by atoms with van der Waals surface area (Å²) in [5.41, 5.74) is 2.68. The summed E-state index contributed by atoms with van der Waals surface area (Å²) in [6.07, 6.45) is 3.40. The van der Waals surface area contributed by atoms with Gasteiger partial charge in [-0.25, -0.2) is 22.5 Å². The molecule has 0 spiro atoms. The Morgan fingerprint density at radius 1 is 1.06 bits per heavy atom. The van der Waals surface area contributed by atoms with E-state index in [-0.39, 0.29) is 55.9 Å². The van der Waals surface area contributed by atoms with E-state index in [9.17, 15) is 22.4 Å². The second-order valence-electron chi connectivity index (χ2n) is 10.2. The van der Waals surface area contributed by atoms with Gasteiger partial charge in [0, 0.05) is 38.5 Å². The van der Waals surface area contributed by atoms with Gasteiger partial charge in [0.1, 0.15) is 5.82 Å². The van der Waals surface area contributed by atoms with Gasteiger partial charge >= 0.3 is 0 Å². The molecule has 5 rings (SSSR count). The summed E-state index contributed by atoms with van der Waals surface area (Å²) in [6, 6.07) is 5.77. The molecule has 1 unspecified atom stereocenters. The number of aromatic amines is 1. The minimum atomic E-state index is -2.61. The summed E-state index contributed by atoms with van der Waals surface area (Å²) in [4.78, 5) is 20.5. The van der Waals surface area contributed by atoms with Crippen LogP contribution in [-0.4, -0.2) is 27.7 Å². The van der Waals surface area contributed by atoms with Crippen LogP contribution < -0.4 is 5.32 Å². The molecule has 1 atom stereocenters. The van der Waals surface area contributed by atoms with Gasteiger partial charge in [-0.05, 0) is 61.1 Å². The van der Waals surface area contributed by atoms with Crippen LogP contribution in [0, 0.1) is 17.8 Å². The van der Waals surface area contributed by atoms with Crippen molar-refractivity contribution in [3.8, 4) is 0 Å². The number of H-pyrrole nitrogens is 1. The Balaban J connectivity index is 1.24. The van der Waals surface area contributed by atoms with Gasteiger partial charge in [-0.2, -0.15) is 0 Å². The third-order valence-electron chi connectivity index (χ3n) is 7.29. The largest absolute Gasteiger partial charge is 0.349 e. The van der Waals surface area contributed by atoms with Crippen molar-refractivity contribution in [2.24, 2.45) is 17.8 Å². The van der Waals surface area contributed by atoms with Crippen LogP contribution in [0.15, 0.2) is 18.2 Å². The van der Waals surface area contributed by atoms with Crippen molar-refractivity contribution in [2.45, 2.75) is 82.1 Å². The van der Waals surface area contributed by atoms with Crippen molar-refractivity contribution in [1.29, 1.82) is 0 Å². The maximum atomic E-state index is 13.4. The molecule has 8 heteroatoms. The summed E-state index contributed by atoms with van der Waals surface area (Å²) in [5.74, 6) is -4.14. The number of aromatic nitrogens is 2. The highest BCUT2D eigenvalue weighted by molar-refractivity contribution is 5.78. The van der Waals surface area contributed by atoms with Crippen LogP contribution in [0.2, 0.25) is 0 Å². The Kier molecular flexibility index (Phi) is 5.45. The number of fused-ring (bicyclic) bond motifs is 1. The number of nitrogens with one attached hydrogen (secondary N) is 2. The summed E-state index contributed by atoms with van der Waals surface area (Å²) < 4.78 is 52.9. The molecule has 1 aromatic heterocycles. The van der Waals surface area contributed by atoms with Crippen LogP contribution in [0.3, 0.4) is 0 Å². The van der Waals surface area contributed by atoms with Gasteiger partial charge < -0.3 is 10.3 Å². The van der Waals surface area contributed by atoms with Gasteiger partial charge in [-0.1, -0.05) is 6.07 Å². The van der Waals surface area contributed by atoms with Gasteiger partial charge in [0.25, 0.3) is 0 Å². The standard InChI is InChI=1S/C24H29F4N3O/c25-23(26)7-5-14(6-8-23)9-20-29-18-4-3-17(11-19(18)30-20)22(16-1-2-16)31-21(32)10-15-12-24(27,28)13-15/h3-4,11,14-16,22H,1-2,5-10,12-13H2,(H,29,30)(H,31,32). The number of amides is 1. The predicted molar refractivity (Wildman–Crippen MR) is 113 cm³/mol. The zero-order valence-electron chi connectivity index (χ0n) is 18.0. The molecule has 0 bridgehead atoms. The van der Waals surface area contributed by atoms with Crippen molar-refractivity contribution in [2.75, 3.05) is 0 Å². The van der Waals surface area contributed by atoms with Gasteiger partial charge in [0.15, 0.2) is 0 Å². The van der Waals surface area contributed by atoms with Crippen molar-refractivity contribution in [1.82, 2.24) is 15.3 Å². The Bertz CT molecular complexity index is 982. The number of hydrogen-bond acceptors (Lipinski definition) is 2. The lowest BCUT2D eigenvalue weighted by Gasteiger charge is -2.34. The summed E-state index contributed by atoms with van der Waals surface area (Å²) in [5, 5.41) is 3.08. The molecule has 1 aromatic carbocycles. The van der Waals surface area contributed by atoms with Gasteiger partial charge in [0.2, 0.25) is 17.8 Å². The van der Waals surface area contributed by atoms with E-state index in [0.29, 0.717) is 25.2 Å². The molecular formula is C24H29F4N3O. The number of rotatable bonds is 7. The molecule has 4 nitrogen and oxygen atoms in total. The fourth-order valence-electron chi connectivity index (χ4n) is 5.27. The molecule has 2 aromatic rings. The number of carbonyl (C=O) groups excluding carboxylic acids is 1.